The SMILES string of the molecule is O=C1OC2(CCN(c3cc(-c4cccc(-c5ccccc5)c4)[nH]n3)CC2)c2cnccc21. The molecular weight excluding hydrogens is 400 g/mol. The van der Waals surface area contributed by atoms with E-state index in [0.29, 0.717) is 5.56 Å². The first-order valence-electron chi connectivity index (χ1n) is 10.9. The van der Waals surface area contributed by atoms with Gasteiger partial charge in [0, 0.05) is 55.5 Å². The number of benzene rings is 2. The number of aromatic amines is 1. The lowest BCUT2D eigenvalue weighted by Crippen LogP contribution is -2.43. The summed E-state index contributed by atoms with van der Waals surface area (Å²) in [6.45, 7) is 1.52. The molecule has 0 unspecified atom stereocenters. The summed E-state index contributed by atoms with van der Waals surface area (Å²) in [5, 5.41) is 7.77. The summed E-state index contributed by atoms with van der Waals surface area (Å²) >= 11 is 0. The second-order valence-corrected chi connectivity index (χ2v) is 8.38. The van der Waals surface area contributed by atoms with E-state index in [4.69, 9.17) is 4.74 Å². The van der Waals surface area contributed by atoms with Crippen molar-refractivity contribution in [3.63, 3.8) is 0 Å². The Morgan fingerprint density at radius 3 is 2.53 bits per heavy atom. The summed E-state index contributed by atoms with van der Waals surface area (Å²) < 4.78 is 5.84. The van der Waals surface area contributed by atoms with Gasteiger partial charge in [0.25, 0.3) is 0 Å². The minimum atomic E-state index is -0.555. The largest absolute Gasteiger partial charge is 0.450 e. The van der Waals surface area contributed by atoms with Crippen molar-refractivity contribution in [3.05, 3.63) is 90.3 Å². The maximum atomic E-state index is 12.3. The van der Waals surface area contributed by atoms with E-state index < -0.39 is 5.60 Å². The molecule has 4 aromatic rings. The predicted molar refractivity (Wildman–Crippen MR) is 122 cm³/mol. The summed E-state index contributed by atoms with van der Waals surface area (Å²) in [7, 11) is 0. The molecule has 1 fully saturated rings. The fourth-order valence-corrected chi connectivity index (χ4v) is 4.81. The second kappa shape index (κ2) is 7.34. The molecule has 158 valence electrons. The standard InChI is InChI=1S/C26H22N4O2/c31-25-21-9-12-27-17-22(21)26(32-25)10-13-30(14-11-26)24-16-23(28-29-24)20-8-4-7-19(15-20)18-5-2-1-3-6-18/h1-9,12,15-17H,10-11,13-14H2,(H,28,29). The van der Waals surface area contributed by atoms with Crippen LogP contribution in [0.25, 0.3) is 22.4 Å². The number of hydrogen-bond donors (Lipinski definition) is 1. The summed E-state index contributed by atoms with van der Waals surface area (Å²) in [5.41, 5.74) is 5.47. The average Bonchev–Trinajstić information content (AvgIpc) is 3.45. The maximum absolute atomic E-state index is 12.3. The van der Waals surface area contributed by atoms with Gasteiger partial charge in [-0.05, 0) is 23.3 Å². The van der Waals surface area contributed by atoms with E-state index in [2.05, 4.69) is 74.7 Å². The molecule has 6 nitrogen and oxygen atoms in total. The minimum absolute atomic E-state index is 0.240. The highest BCUT2D eigenvalue weighted by atomic mass is 16.6. The summed E-state index contributed by atoms with van der Waals surface area (Å²) in [5.74, 6) is 0.673. The number of rotatable bonds is 3. The molecule has 0 saturated carbocycles. The average molecular weight is 422 g/mol. The number of fused-ring (bicyclic) bond motifs is 2. The first-order valence-corrected chi connectivity index (χ1v) is 10.9. The van der Waals surface area contributed by atoms with E-state index in [0.717, 1.165) is 48.6 Å². The Hall–Kier alpha value is -3.93. The van der Waals surface area contributed by atoms with Crippen LogP contribution in [-0.4, -0.2) is 34.2 Å². The number of carbonyl (C=O) groups is 1. The normalized spacial score (nSPS) is 16.8. The van der Waals surface area contributed by atoms with Gasteiger partial charge >= 0.3 is 5.97 Å². The molecule has 2 aromatic carbocycles. The summed E-state index contributed by atoms with van der Waals surface area (Å²) in [4.78, 5) is 18.8. The van der Waals surface area contributed by atoms with Gasteiger partial charge in [-0.25, -0.2) is 4.79 Å². The van der Waals surface area contributed by atoms with Crippen LogP contribution in [0.5, 0.6) is 0 Å². The molecule has 1 N–H and O–H groups in total. The highest BCUT2D eigenvalue weighted by Gasteiger charge is 2.47. The molecule has 2 aromatic heterocycles. The molecule has 1 spiro atoms. The Kier molecular flexibility index (Phi) is 4.31. The quantitative estimate of drug-likeness (QED) is 0.480. The number of piperidine rings is 1. The summed E-state index contributed by atoms with van der Waals surface area (Å²) in [6.07, 6.45) is 4.88. The highest BCUT2D eigenvalue weighted by molar-refractivity contribution is 5.94. The topological polar surface area (TPSA) is 71.1 Å². The Morgan fingerprint density at radius 2 is 1.69 bits per heavy atom. The van der Waals surface area contributed by atoms with Gasteiger partial charge in [0.05, 0.1) is 11.3 Å². The Labute approximate surface area is 185 Å². The number of ether oxygens (including phenoxy) is 1. The number of H-pyrrole nitrogens is 1. The third-order valence-corrected chi connectivity index (χ3v) is 6.56. The number of carbonyl (C=O) groups excluding carboxylic acids is 1. The first-order chi connectivity index (χ1) is 15.7. The van der Waals surface area contributed by atoms with Gasteiger partial charge in [0.2, 0.25) is 0 Å². The van der Waals surface area contributed by atoms with E-state index in [1.807, 2.05) is 6.07 Å². The van der Waals surface area contributed by atoms with Gasteiger partial charge in [-0.1, -0.05) is 48.5 Å². The van der Waals surface area contributed by atoms with E-state index in [-0.39, 0.29) is 5.97 Å². The fourth-order valence-electron chi connectivity index (χ4n) is 4.81. The van der Waals surface area contributed by atoms with Crippen molar-refractivity contribution >= 4 is 11.8 Å². The van der Waals surface area contributed by atoms with Crippen LogP contribution >= 0.6 is 0 Å². The lowest BCUT2D eigenvalue weighted by Gasteiger charge is -2.38. The predicted octanol–water partition coefficient (Wildman–Crippen LogP) is 4.80. The van der Waals surface area contributed by atoms with Crippen LogP contribution in [0.15, 0.2) is 79.1 Å². The van der Waals surface area contributed by atoms with Crippen LogP contribution in [0.2, 0.25) is 0 Å². The van der Waals surface area contributed by atoms with Crippen molar-refractivity contribution in [2.45, 2.75) is 18.4 Å². The summed E-state index contributed by atoms with van der Waals surface area (Å²) in [6, 6.07) is 22.7. The molecule has 6 rings (SSSR count). The van der Waals surface area contributed by atoms with E-state index in [9.17, 15) is 4.79 Å². The van der Waals surface area contributed by atoms with Crippen molar-refractivity contribution in [1.29, 1.82) is 0 Å². The van der Waals surface area contributed by atoms with Gasteiger partial charge in [-0.15, -0.1) is 0 Å². The lowest BCUT2D eigenvalue weighted by molar-refractivity contribution is -0.0212. The van der Waals surface area contributed by atoms with Gasteiger partial charge in [0.15, 0.2) is 5.82 Å². The van der Waals surface area contributed by atoms with Crippen LogP contribution in [0, 0.1) is 0 Å². The molecule has 0 aliphatic carbocycles. The van der Waals surface area contributed by atoms with Crippen molar-refractivity contribution < 1.29 is 9.53 Å². The molecule has 2 aliphatic rings. The Morgan fingerprint density at radius 1 is 0.906 bits per heavy atom. The van der Waals surface area contributed by atoms with E-state index in [1.165, 1.54) is 11.1 Å². The van der Waals surface area contributed by atoms with Crippen LogP contribution in [0.3, 0.4) is 0 Å². The van der Waals surface area contributed by atoms with Crippen molar-refractivity contribution in [2.75, 3.05) is 18.0 Å². The molecule has 0 atom stereocenters. The molecule has 1 saturated heterocycles. The Bertz CT molecular complexity index is 1290. The van der Waals surface area contributed by atoms with Gasteiger partial charge in [-0.3, -0.25) is 10.1 Å². The molecule has 32 heavy (non-hydrogen) atoms. The van der Waals surface area contributed by atoms with Gasteiger partial charge in [-0.2, -0.15) is 5.10 Å². The van der Waals surface area contributed by atoms with Gasteiger partial charge < -0.3 is 9.64 Å². The van der Waals surface area contributed by atoms with Crippen molar-refractivity contribution in [1.82, 2.24) is 15.2 Å². The third kappa shape index (κ3) is 3.07. The second-order valence-electron chi connectivity index (χ2n) is 8.38. The number of nitrogens with zero attached hydrogens (tertiary/aromatic N) is 3. The number of pyridine rings is 1. The minimum Gasteiger partial charge on any atom is -0.450 e. The number of nitrogens with one attached hydrogen (secondary N) is 1. The molecule has 4 heterocycles. The molecule has 0 bridgehead atoms. The lowest BCUT2D eigenvalue weighted by atomic mass is 9.85. The van der Waals surface area contributed by atoms with E-state index in [1.54, 1.807) is 18.5 Å². The number of aromatic nitrogens is 3. The fraction of sp³-hybridized carbons (Fsp3) is 0.192. The van der Waals surface area contributed by atoms with Crippen LogP contribution in [-0.2, 0) is 10.3 Å². The maximum Gasteiger partial charge on any atom is 0.339 e. The van der Waals surface area contributed by atoms with Crippen LogP contribution in [0.1, 0.15) is 28.8 Å². The Balaban J connectivity index is 1.21. The molecule has 6 heteroatoms. The zero-order valence-corrected chi connectivity index (χ0v) is 17.5. The van der Waals surface area contributed by atoms with Gasteiger partial charge in [0.1, 0.15) is 5.60 Å². The molecule has 2 aliphatic heterocycles. The van der Waals surface area contributed by atoms with E-state index >= 15 is 0 Å². The molecule has 0 amide bonds. The number of anilines is 1. The third-order valence-electron chi connectivity index (χ3n) is 6.56. The number of hydrogen-bond acceptors (Lipinski definition) is 5. The smallest absolute Gasteiger partial charge is 0.339 e. The number of esters is 1. The molecule has 0 radical (unpaired) electrons. The molecular formula is C26H22N4O2. The first kappa shape index (κ1) is 18.8. The van der Waals surface area contributed by atoms with Crippen LogP contribution in [0.4, 0.5) is 5.82 Å². The zero-order valence-electron chi connectivity index (χ0n) is 17.5. The zero-order chi connectivity index (χ0) is 21.5. The van der Waals surface area contributed by atoms with Crippen molar-refractivity contribution in [3.8, 4) is 22.4 Å². The highest BCUT2D eigenvalue weighted by Crippen LogP contribution is 2.44. The van der Waals surface area contributed by atoms with Crippen molar-refractivity contribution in [2.24, 2.45) is 0 Å². The monoisotopic (exact) mass is 422 g/mol. The van der Waals surface area contributed by atoms with Crippen LogP contribution < -0.4 is 4.90 Å².